The molecule has 2 rings (SSSR count). The van der Waals surface area contributed by atoms with E-state index in [4.69, 9.17) is 23.8 Å². The van der Waals surface area contributed by atoms with Crippen LogP contribution in [0.25, 0.3) is 6.08 Å². The number of rotatable bonds is 5. The zero-order valence-corrected chi connectivity index (χ0v) is 14.4. The van der Waals surface area contributed by atoms with Gasteiger partial charge in [-0.3, -0.25) is 5.43 Å². The van der Waals surface area contributed by atoms with Crippen LogP contribution in [0, 0.1) is 0 Å². The van der Waals surface area contributed by atoms with Crippen molar-refractivity contribution in [2.24, 2.45) is 5.10 Å². The predicted molar refractivity (Wildman–Crippen MR) is 103 cm³/mol. The zero-order valence-electron chi connectivity index (χ0n) is 12.8. The Hall–Kier alpha value is -2.17. The third kappa shape index (κ3) is 5.85. The second kappa shape index (κ2) is 9.08. The topological polar surface area (TPSA) is 36.4 Å². The van der Waals surface area contributed by atoms with E-state index in [9.17, 15) is 0 Å². The third-order valence-corrected chi connectivity index (χ3v) is 3.48. The maximum absolute atomic E-state index is 5.91. The number of hydrogen-bond donors (Lipinski definition) is 2. The first-order valence-electron chi connectivity index (χ1n) is 7.29. The molecule has 2 aromatic rings. The number of nitrogens with one attached hydrogen (secondary N) is 2. The van der Waals surface area contributed by atoms with Crippen molar-refractivity contribution in [3.05, 3.63) is 76.8 Å². The molecule has 0 spiro atoms. The smallest absolute Gasteiger partial charge is 0.186 e. The van der Waals surface area contributed by atoms with Gasteiger partial charge in [0.15, 0.2) is 5.11 Å². The van der Waals surface area contributed by atoms with E-state index in [2.05, 4.69) is 15.8 Å². The average molecular weight is 344 g/mol. The Labute approximate surface area is 147 Å². The van der Waals surface area contributed by atoms with Gasteiger partial charge in [-0.15, -0.1) is 0 Å². The van der Waals surface area contributed by atoms with E-state index in [1.54, 1.807) is 0 Å². The molecular weight excluding hydrogens is 326 g/mol. The lowest BCUT2D eigenvalue weighted by molar-refractivity contribution is 0.902. The molecule has 0 aliphatic carbocycles. The molecule has 2 N–H and O–H groups in total. The first-order chi connectivity index (χ1) is 11.2. The lowest BCUT2D eigenvalue weighted by Gasteiger charge is -2.06. The molecule has 0 bridgehead atoms. The number of halogens is 1. The van der Waals surface area contributed by atoms with E-state index < -0.39 is 0 Å². The van der Waals surface area contributed by atoms with E-state index in [-0.39, 0.29) is 0 Å². The fraction of sp³-hybridized carbons (Fsp3) is 0.111. The van der Waals surface area contributed by atoms with Crippen LogP contribution in [-0.4, -0.2) is 17.4 Å². The summed E-state index contributed by atoms with van der Waals surface area (Å²) < 4.78 is 0. The molecule has 0 heterocycles. The van der Waals surface area contributed by atoms with Gasteiger partial charge in [-0.1, -0.05) is 60.1 Å². The van der Waals surface area contributed by atoms with Gasteiger partial charge in [0.25, 0.3) is 0 Å². The van der Waals surface area contributed by atoms with Crippen LogP contribution < -0.4 is 10.7 Å². The number of hydrazone groups is 1. The number of hydrogen-bond acceptors (Lipinski definition) is 2. The van der Waals surface area contributed by atoms with Crippen molar-refractivity contribution in [3.63, 3.8) is 0 Å². The monoisotopic (exact) mass is 343 g/mol. The van der Waals surface area contributed by atoms with Crippen LogP contribution in [0.5, 0.6) is 0 Å². The number of benzene rings is 2. The van der Waals surface area contributed by atoms with Crippen molar-refractivity contribution in [3.8, 4) is 0 Å². The maximum atomic E-state index is 5.91. The molecule has 5 heteroatoms. The Morgan fingerprint density at radius 3 is 2.48 bits per heavy atom. The molecule has 23 heavy (non-hydrogen) atoms. The molecule has 3 nitrogen and oxygen atoms in total. The van der Waals surface area contributed by atoms with Crippen molar-refractivity contribution >= 4 is 40.7 Å². The molecule has 0 aromatic heterocycles. The Balaban J connectivity index is 2.21. The van der Waals surface area contributed by atoms with Crippen molar-refractivity contribution in [2.45, 2.75) is 6.92 Å². The SMILES string of the molecule is CCNC(=S)N/N=C(/C=C/c1ccc(Cl)cc1)c1ccccc1. The molecule has 0 saturated carbocycles. The van der Waals surface area contributed by atoms with Gasteiger partial charge in [-0.25, -0.2) is 0 Å². The first kappa shape index (κ1) is 17.2. The summed E-state index contributed by atoms with van der Waals surface area (Å²) >= 11 is 11.1. The molecule has 0 saturated heterocycles. The van der Waals surface area contributed by atoms with E-state index >= 15 is 0 Å². The third-order valence-electron chi connectivity index (χ3n) is 2.99. The van der Waals surface area contributed by atoms with Crippen LogP contribution in [0.15, 0.2) is 65.8 Å². The van der Waals surface area contributed by atoms with Crippen LogP contribution in [0.4, 0.5) is 0 Å². The van der Waals surface area contributed by atoms with Gasteiger partial charge in [0.05, 0.1) is 5.71 Å². The Morgan fingerprint density at radius 1 is 1.13 bits per heavy atom. The minimum absolute atomic E-state index is 0.501. The van der Waals surface area contributed by atoms with Crippen molar-refractivity contribution in [1.82, 2.24) is 10.7 Å². The second-order valence-corrected chi connectivity index (χ2v) is 5.56. The number of thiocarbonyl (C=S) groups is 1. The molecule has 118 valence electrons. The Morgan fingerprint density at radius 2 is 1.83 bits per heavy atom. The molecule has 2 aromatic carbocycles. The minimum Gasteiger partial charge on any atom is -0.362 e. The predicted octanol–water partition coefficient (Wildman–Crippen LogP) is 4.24. The highest BCUT2D eigenvalue weighted by Crippen LogP contribution is 2.11. The summed E-state index contributed by atoms with van der Waals surface area (Å²) in [6.07, 6.45) is 3.93. The fourth-order valence-corrected chi connectivity index (χ4v) is 2.18. The zero-order chi connectivity index (χ0) is 16.5. The fourth-order valence-electron chi connectivity index (χ4n) is 1.87. The van der Waals surface area contributed by atoms with Crippen molar-refractivity contribution in [1.29, 1.82) is 0 Å². The van der Waals surface area contributed by atoms with Crippen LogP contribution in [0.3, 0.4) is 0 Å². The van der Waals surface area contributed by atoms with E-state index in [0.717, 1.165) is 28.4 Å². The van der Waals surface area contributed by atoms with Crippen LogP contribution in [-0.2, 0) is 0 Å². The quantitative estimate of drug-likeness (QED) is 0.484. The lowest BCUT2D eigenvalue weighted by atomic mass is 10.1. The van der Waals surface area contributed by atoms with Gasteiger partial charge < -0.3 is 5.32 Å². The molecule has 0 unspecified atom stereocenters. The van der Waals surface area contributed by atoms with Crippen molar-refractivity contribution < 1.29 is 0 Å². The Bertz CT molecular complexity index is 694. The van der Waals surface area contributed by atoms with Gasteiger partial charge in [0.1, 0.15) is 0 Å². The summed E-state index contributed by atoms with van der Waals surface area (Å²) in [5.74, 6) is 0. The first-order valence-corrected chi connectivity index (χ1v) is 8.08. The van der Waals surface area contributed by atoms with E-state index in [1.165, 1.54) is 0 Å². The molecule has 0 aliphatic rings. The summed E-state index contributed by atoms with van der Waals surface area (Å²) in [5.41, 5.74) is 5.71. The summed E-state index contributed by atoms with van der Waals surface area (Å²) in [6.45, 7) is 2.73. The number of nitrogens with zero attached hydrogens (tertiary/aromatic N) is 1. The second-order valence-electron chi connectivity index (χ2n) is 4.72. The highest BCUT2D eigenvalue weighted by molar-refractivity contribution is 7.80. The van der Waals surface area contributed by atoms with E-state index in [1.807, 2.05) is 73.7 Å². The average Bonchev–Trinajstić information content (AvgIpc) is 2.57. The normalized spacial score (nSPS) is 11.5. The van der Waals surface area contributed by atoms with Gasteiger partial charge in [0, 0.05) is 17.1 Å². The summed E-state index contributed by atoms with van der Waals surface area (Å²) in [7, 11) is 0. The molecule has 0 radical (unpaired) electrons. The van der Waals surface area contributed by atoms with Crippen LogP contribution in [0.1, 0.15) is 18.1 Å². The minimum atomic E-state index is 0.501. The van der Waals surface area contributed by atoms with Gasteiger partial charge in [-0.2, -0.15) is 5.10 Å². The van der Waals surface area contributed by atoms with Crippen LogP contribution >= 0.6 is 23.8 Å². The lowest BCUT2D eigenvalue weighted by Crippen LogP contribution is -2.32. The van der Waals surface area contributed by atoms with Gasteiger partial charge >= 0.3 is 0 Å². The highest BCUT2D eigenvalue weighted by atomic mass is 35.5. The highest BCUT2D eigenvalue weighted by Gasteiger charge is 2.00. The number of allylic oxidation sites excluding steroid dienone is 1. The van der Waals surface area contributed by atoms with Crippen LogP contribution in [0.2, 0.25) is 5.02 Å². The summed E-state index contributed by atoms with van der Waals surface area (Å²) in [6, 6.07) is 17.6. The molecular formula is C18H18ClN3S. The van der Waals surface area contributed by atoms with Gasteiger partial charge in [0.2, 0.25) is 0 Å². The summed E-state index contributed by atoms with van der Waals surface area (Å²) in [5, 5.41) is 8.62. The van der Waals surface area contributed by atoms with E-state index in [0.29, 0.717) is 5.11 Å². The standard InChI is InChI=1S/C18H18ClN3S/c1-2-20-18(23)22-21-17(15-6-4-3-5-7-15)13-10-14-8-11-16(19)12-9-14/h3-13H,2H2,1H3,(H2,20,22,23)/b13-10+,21-17-. The molecule has 0 fully saturated rings. The largest absolute Gasteiger partial charge is 0.362 e. The Kier molecular flexibility index (Phi) is 6.78. The van der Waals surface area contributed by atoms with Gasteiger partial charge in [-0.05, 0) is 42.9 Å². The molecule has 0 aliphatic heterocycles. The van der Waals surface area contributed by atoms with Crippen molar-refractivity contribution in [2.75, 3.05) is 6.54 Å². The molecule has 0 amide bonds. The summed E-state index contributed by atoms with van der Waals surface area (Å²) in [4.78, 5) is 0. The maximum Gasteiger partial charge on any atom is 0.186 e. The molecule has 0 atom stereocenters.